The molecule has 0 saturated carbocycles. The number of ether oxygens (including phenoxy) is 2. The van der Waals surface area contributed by atoms with Crippen molar-refractivity contribution in [1.82, 2.24) is 0 Å². The maximum Gasteiger partial charge on any atom is 0.306 e. The van der Waals surface area contributed by atoms with E-state index >= 15 is 0 Å². The van der Waals surface area contributed by atoms with Crippen molar-refractivity contribution in [1.29, 1.82) is 0 Å². The van der Waals surface area contributed by atoms with E-state index in [2.05, 4.69) is 62.5 Å². The number of carbonyl (C=O) groups is 2. The summed E-state index contributed by atoms with van der Waals surface area (Å²) in [6.07, 6.45) is 40.2. The van der Waals surface area contributed by atoms with Gasteiger partial charge in [0.2, 0.25) is 0 Å². The van der Waals surface area contributed by atoms with Gasteiger partial charge in [-0.3, -0.25) is 9.59 Å². The molecule has 0 heterocycles. The molecule has 0 unspecified atom stereocenters. The summed E-state index contributed by atoms with van der Waals surface area (Å²) >= 11 is 0. The molecule has 242 valence electrons. The molecule has 42 heavy (non-hydrogen) atoms. The highest BCUT2D eigenvalue weighted by molar-refractivity contribution is 5.70. The maximum atomic E-state index is 12.1. The number of unbranched alkanes of at least 4 members (excludes halogenated alkanes) is 14. The van der Waals surface area contributed by atoms with Gasteiger partial charge in [-0.15, -0.1) is 0 Å². The minimum atomic E-state index is -0.783. The Hall–Kier alpha value is -2.14. The average Bonchev–Trinajstić information content (AvgIpc) is 2.99. The number of allylic oxidation sites excluding steroid dienone is 8. The zero-order valence-electron chi connectivity index (χ0n) is 27.2. The molecule has 0 aliphatic rings. The number of esters is 2. The Morgan fingerprint density at radius 2 is 0.976 bits per heavy atom. The molecule has 5 nitrogen and oxygen atoms in total. The second-order valence-corrected chi connectivity index (χ2v) is 11.2. The molecular weight excluding hydrogens is 524 g/mol. The second kappa shape index (κ2) is 33.4. The molecular formula is C37H64O5. The van der Waals surface area contributed by atoms with Crippen molar-refractivity contribution in [3.63, 3.8) is 0 Å². The second-order valence-electron chi connectivity index (χ2n) is 11.2. The lowest BCUT2D eigenvalue weighted by atomic mass is 10.1. The maximum absolute atomic E-state index is 12.1. The van der Waals surface area contributed by atoms with Crippen molar-refractivity contribution in [3.8, 4) is 0 Å². The van der Waals surface area contributed by atoms with E-state index in [1.54, 1.807) is 0 Å². The first kappa shape index (κ1) is 39.9. The lowest BCUT2D eigenvalue weighted by Crippen LogP contribution is -2.28. The van der Waals surface area contributed by atoms with E-state index in [9.17, 15) is 14.7 Å². The Balaban J connectivity index is 3.65. The van der Waals surface area contributed by atoms with E-state index in [4.69, 9.17) is 9.47 Å². The van der Waals surface area contributed by atoms with Crippen LogP contribution in [0, 0.1) is 0 Å². The van der Waals surface area contributed by atoms with E-state index < -0.39 is 6.10 Å². The van der Waals surface area contributed by atoms with Gasteiger partial charge in [-0.1, -0.05) is 120 Å². The number of hydrogen-bond donors (Lipinski definition) is 1. The van der Waals surface area contributed by atoms with Crippen molar-refractivity contribution in [2.24, 2.45) is 0 Å². The van der Waals surface area contributed by atoms with Crippen molar-refractivity contribution >= 4 is 11.9 Å². The minimum absolute atomic E-state index is 0.0820. The molecule has 0 aromatic carbocycles. The van der Waals surface area contributed by atoms with Crippen LogP contribution in [-0.4, -0.2) is 36.4 Å². The molecule has 0 spiro atoms. The first-order valence-corrected chi connectivity index (χ1v) is 17.2. The van der Waals surface area contributed by atoms with E-state index in [1.807, 2.05) is 0 Å². The Morgan fingerprint density at radius 3 is 1.52 bits per heavy atom. The van der Waals surface area contributed by atoms with Crippen LogP contribution in [0.1, 0.15) is 155 Å². The monoisotopic (exact) mass is 588 g/mol. The largest absolute Gasteiger partial charge is 0.462 e. The Labute approximate surface area is 258 Å². The molecule has 0 fully saturated rings. The summed E-state index contributed by atoms with van der Waals surface area (Å²) in [5.74, 6) is -0.633. The van der Waals surface area contributed by atoms with Gasteiger partial charge in [0.05, 0.1) is 6.61 Å². The van der Waals surface area contributed by atoms with Crippen molar-refractivity contribution < 1.29 is 24.2 Å². The van der Waals surface area contributed by atoms with Crippen LogP contribution in [0.2, 0.25) is 0 Å². The molecule has 1 N–H and O–H groups in total. The van der Waals surface area contributed by atoms with Gasteiger partial charge in [-0.25, -0.2) is 0 Å². The highest BCUT2D eigenvalue weighted by atomic mass is 16.6. The Kier molecular flexibility index (Phi) is 31.7. The molecule has 0 amide bonds. The summed E-state index contributed by atoms with van der Waals surface area (Å²) in [6, 6.07) is 0. The smallest absolute Gasteiger partial charge is 0.306 e. The Bertz CT molecular complexity index is 722. The van der Waals surface area contributed by atoms with Crippen LogP contribution in [-0.2, 0) is 19.1 Å². The lowest BCUT2D eigenvalue weighted by molar-refractivity contribution is -0.161. The predicted octanol–water partition coefficient (Wildman–Crippen LogP) is 10.3. The van der Waals surface area contributed by atoms with Gasteiger partial charge in [-0.05, 0) is 70.6 Å². The number of aliphatic hydroxyl groups is 1. The topological polar surface area (TPSA) is 72.8 Å². The molecule has 0 aliphatic heterocycles. The third kappa shape index (κ3) is 30.8. The van der Waals surface area contributed by atoms with E-state index in [1.165, 1.54) is 57.8 Å². The lowest BCUT2D eigenvalue weighted by Gasteiger charge is -2.15. The average molecular weight is 589 g/mol. The zero-order valence-corrected chi connectivity index (χ0v) is 27.2. The fourth-order valence-electron chi connectivity index (χ4n) is 4.42. The predicted molar refractivity (Wildman–Crippen MR) is 177 cm³/mol. The highest BCUT2D eigenvalue weighted by Gasteiger charge is 2.16. The third-order valence-electron chi connectivity index (χ3n) is 7.10. The van der Waals surface area contributed by atoms with Crippen LogP contribution in [0.4, 0.5) is 0 Å². The molecule has 0 rings (SSSR count). The van der Waals surface area contributed by atoms with Crippen LogP contribution >= 0.6 is 0 Å². The molecule has 0 aliphatic carbocycles. The standard InChI is InChI=1S/C37H64O5/c1-3-5-7-9-11-13-15-16-17-18-19-20-22-23-25-27-29-31-36(39)41-34-35(33-38)42-37(40)32-30-28-26-24-21-14-12-10-8-6-4-2/h10-13,16-17,19-20,35,38H,3-9,14-15,18,21-34H2,1-2H3/b12-10-,13-11-,17-16-,20-19-/t35-/m0/s1. The van der Waals surface area contributed by atoms with Gasteiger partial charge < -0.3 is 14.6 Å². The van der Waals surface area contributed by atoms with E-state index in [0.29, 0.717) is 12.8 Å². The van der Waals surface area contributed by atoms with Crippen LogP contribution in [0.25, 0.3) is 0 Å². The van der Waals surface area contributed by atoms with Gasteiger partial charge in [0.1, 0.15) is 6.61 Å². The molecule has 0 bridgehead atoms. The van der Waals surface area contributed by atoms with Gasteiger partial charge in [-0.2, -0.15) is 0 Å². The highest BCUT2D eigenvalue weighted by Crippen LogP contribution is 2.11. The molecule has 1 atom stereocenters. The number of rotatable bonds is 30. The summed E-state index contributed by atoms with van der Waals surface area (Å²) in [6.45, 7) is 4.02. The van der Waals surface area contributed by atoms with Gasteiger partial charge in [0.25, 0.3) is 0 Å². The van der Waals surface area contributed by atoms with Crippen molar-refractivity contribution in [2.75, 3.05) is 13.2 Å². The third-order valence-corrected chi connectivity index (χ3v) is 7.10. The van der Waals surface area contributed by atoms with Gasteiger partial charge in [0.15, 0.2) is 6.10 Å². The van der Waals surface area contributed by atoms with E-state index in [0.717, 1.165) is 70.6 Å². The van der Waals surface area contributed by atoms with Gasteiger partial charge >= 0.3 is 11.9 Å². The minimum Gasteiger partial charge on any atom is -0.462 e. The fourth-order valence-corrected chi connectivity index (χ4v) is 4.42. The summed E-state index contributed by atoms with van der Waals surface area (Å²) in [5.41, 5.74) is 0. The summed E-state index contributed by atoms with van der Waals surface area (Å²) in [4.78, 5) is 24.1. The van der Waals surface area contributed by atoms with Gasteiger partial charge in [0, 0.05) is 12.8 Å². The number of hydrogen-bond acceptors (Lipinski definition) is 5. The van der Waals surface area contributed by atoms with Crippen LogP contribution < -0.4 is 0 Å². The Morgan fingerprint density at radius 1 is 0.548 bits per heavy atom. The van der Waals surface area contributed by atoms with Crippen LogP contribution in [0.15, 0.2) is 48.6 Å². The SMILES string of the molecule is CCCC/C=C\CCCCCCCC(=O)O[C@@H](CO)COC(=O)CCCCCC/C=C\C/C=C\C/C=C\CCCCC. The molecule has 0 aromatic heterocycles. The van der Waals surface area contributed by atoms with Crippen molar-refractivity contribution in [3.05, 3.63) is 48.6 Å². The zero-order chi connectivity index (χ0) is 30.8. The number of carbonyl (C=O) groups excluding carboxylic acids is 2. The quantitative estimate of drug-likeness (QED) is 0.0513. The fraction of sp³-hybridized carbons (Fsp3) is 0.730. The normalized spacial score (nSPS) is 12.7. The van der Waals surface area contributed by atoms with Crippen LogP contribution in [0.3, 0.4) is 0 Å². The summed E-state index contributed by atoms with van der Waals surface area (Å²) < 4.78 is 10.5. The summed E-state index contributed by atoms with van der Waals surface area (Å²) in [5, 5.41) is 9.49. The molecule has 0 radical (unpaired) electrons. The number of aliphatic hydroxyl groups excluding tert-OH is 1. The molecule has 5 heteroatoms. The summed E-state index contributed by atoms with van der Waals surface area (Å²) in [7, 11) is 0. The first-order chi connectivity index (χ1) is 20.6. The molecule has 0 saturated heterocycles. The van der Waals surface area contributed by atoms with Crippen LogP contribution in [0.5, 0.6) is 0 Å². The van der Waals surface area contributed by atoms with E-state index in [-0.39, 0.29) is 25.2 Å². The van der Waals surface area contributed by atoms with Crippen molar-refractivity contribution in [2.45, 2.75) is 161 Å². The first-order valence-electron chi connectivity index (χ1n) is 17.2. The molecule has 0 aromatic rings.